The summed E-state index contributed by atoms with van der Waals surface area (Å²) >= 11 is 0. The largest absolute Gasteiger partial charge is 0.341 e. The van der Waals surface area contributed by atoms with Gasteiger partial charge in [0, 0.05) is 13.1 Å². The Kier molecular flexibility index (Phi) is 6.92. The van der Waals surface area contributed by atoms with E-state index >= 15 is 0 Å². The molecule has 1 aliphatic rings. The summed E-state index contributed by atoms with van der Waals surface area (Å²) in [6.45, 7) is 8.63. The molecule has 0 saturated carbocycles. The molecule has 1 aliphatic heterocycles. The van der Waals surface area contributed by atoms with Gasteiger partial charge in [0.1, 0.15) is 6.04 Å². The molecule has 0 spiro atoms. The van der Waals surface area contributed by atoms with Crippen molar-refractivity contribution < 1.29 is 17.7 Å². The van der Waals surface area contributed by atoms with Gasteiger partial charge in [0.05, 0.1) is 10.8 Å². The van der Waals surface area contributed by atoms with E-state index in [1.165, 1.54) is 0 Å². The molecule has 1 amide bonds. The van der Waals surface area contributed by atoms with Crippen LogP contribution in [0.2, 0.25) is 0 Å². The van der Waals surface area contributed by atoms with Crippen LogP contribution in [0.3, 0.4) is 0 Å². The van der Waals surface area contributed by atoms with Gasteiger partial charge >= 0.3 is 0 Å². The zero-order valence-electron chi connectivity index (χ0n) is 18.0. The van der Waals surface area contributed by atoms with Crippen LogP contribution >= 0.6 is 0 Å². The number of hydrogen-bond donors (Lipinski definition) is 1. The summed E-state index contributed by atoms with van der Waals surface area (Å²) in [4.78, 5) is 19.5. The van der Waals surface area contributed by atoms with Gasteiger partial charge < -0.3 is 9.42 Å². The number of aryl methyl sites for hydroxylation is 2. The Morgan fingerprint density at radius 1 is 1.27 bits per heavy atom. The first-order valence-electron chi connectivity index (χ1n) is 10.3. The molecular formula is C21H30N4O4S. The zero-order valence-corrected chi connectivity index (χ0v) is 18.8. The molecule has 0 unspecified atom stereocenters. The van der Waals surface area contributed by atoms with Crippen LogP contribution in [0.5, 0.6) is 0 Å². The average Bonchev–Trinajstić information content (AvgIpc) is 3.13. The van der Waals surface area contributed by atoms with E-state index in [1.54, 1.807) is 36.1 Å². The van der Waals surface area contributed by atoms with E-state index in [0.29, 0.717) is 31.2 Å². The van der Waals surface area contributed by atoms with Crippen molar-refractivity contribution in [2.45, 2.75) is 63.8 Å². The van der Waals surface area contributed by atoms with Crippen LogP contribution in [0, 0.1) is 19.8 Å². The fraction of sp³-hybridized carbons (Fsp3) is 0.571. The van der Waals surface area contributed by atoms with Crippen molar-refractivity contribution in [1.82, 2.24) is 19.8 Å². The molecule has 1 aromatic heterocycles. The monoisotopic (exact) mass is 434 g/mol. The second kappa shape index (κ2) is 9.26. The molecule has 0 bridgehead atoms. The number of amides is 1. The molecule has 1 aromatic carbocycles. The Hall–Kier alpha value is -2.26. The third-order valence-electron chi connectivity index (χ3n) is 5.26. The van der Waals surface area contributed by atoms with Crippen molar-refractivity contribution in [2.24, 2.45) is 5.92 Å². The highest BCUT2D eigenvalue weighted by Gasteiger charge is 2.34. The van der Waals surface area contributed by atoms with Gasteiger partial charge in [-0.1, -0.05) is 36.7 Å². The molecule has 30 heavy (non-hydrogen) atoms. The lowest BCUT2D eigenvalue weighted by atomic mass is 9.96. The van der Waals surface area contributed by atoms with Crippen LogP contribution in [0.25, 0.3) is 0 Å². The number of rotatable bonds is 7. The van der Waals surface area contributed by atoms with E-state index in [4.69, 9.17) is 4.52 Å². The number of likely N-dealkylation sites (tertiary alicyclic amines) is 1. The summed E-state index contributed by atoms with van der Waals surface area (Å²) in [7, 11) is -3.81. The summed E-state index contributed by atoms with van der Waals surface area (Å²) in [5.74, 6) is 1.01. The fourth-order valence-electron chi connectivity index (χ4n) is 3.72. The average molecular weight is 435 g/mol. The Balaban J connectivity index is 1.77. The summed E-state index contributed by atoms with van der Waals surface area (Å²) in [5, 5.41) is 3.84. The number of carbonyl (C=O) groups is 1. The van der Waals surface area contributed by atoms with Gasteiger partial charge in [-0.2, -0.15) is 9.71 Å². The zero-order chi connectivity index (χ0) is 21.9. The topological polar surface area (TPSA) is 105 Å². The van der Waals surface area contributed by atoms with E-state index in [1.807, 2.05) is 20.8 Å². The van der Waals surface area contributed by atoms with Gasteiger partial charge in [0.2, 0.25) is 21.8 Å². The minimum atomic E-state index is -3.81. The Bertz CT molecular complexity index is 969. The molecule has 9 heteroatoms. The van der Waals surface area contributed by atoms with Gasteiger partial charge in [-0.25, -0.2) is 8.42 Å². The maximum Gasteiger partial charge on any atom is 0.241 e. The van der Waals surface area contributed by atoms with Crippen molar-refractivity contribution in [1.29, 1.82) is 0 Å². The van der Waals surface area contributed by atoms with Gasteiger partial charge in [-0.15, -0.1) is 0 Å². The number of aromatic nitrogens is 2. The number of sulfonamides is 1. The lowest BCUT2D eigenvalue weighted by Gasteiger charge is -2.34. The number of carbonyl (C=O) groups excluding carboxylic acids is 1. The first-order chi connectivity index (χ1) is 14.2. The molecule has 2 aromatic rings. The molecule has 2 heterocycles. The Morgan fingerprint density at radius 3 is 2.57 bits per heavy atom. The first-order valence-corrected chi connectivity index (χ1v) is 11.8. The maximum atomic E-state index is 13.3. The molecule has 1 saturated heterocycles. The molecule has 2 atom stereocenters. The van der Waals surface area contributed by atoms with Crippen molar-refractivity contribution in [3.63, 3.8) is 0 Å². The third-order valence-corrected chi connectivity index (χ3v) is 6.75. The second-order valence-electron chi connectivity index (χ2n) is 8.42. The van der Waals surface area contributed by atoms with E-state index < -0.39 is 16.1 Å². The minimum Gasteiger partial charge on any atom is -0.341 e. The predicted octanol–water partition coefficient (Wildman–Crippen LogP) is 2.79. The maximum absolute atomic E-state index is 13.3. The highest BCUT2D eigenvalue weighted by atomic mass is 32.2. The summed E-state index contributed by atoms with van der Waals surface area (Å²) < 4.78 is 33.7. The van der Waals surface area contributed by atoms with Gasteiger partial charge in [-0.05, 0) is 51.2 Å². The normalized spacial score (nSPS) is 18.6. The number of nitrogens with zero attached hydrogens (tertiary/aromatic N) is 3. The summed E-state index contributed by atoms with van der Waals surface area (Å²) in [6, 6.07) is 5.79. The van der Waals surface area contributed by atoms with Crippen LogP contribution < -0.4 is 4.72 Å². The van der Waals surface area contributed by atoms with E-state index in [2.05, 4.69) is 14.9 Å². The molecule has 0 aliphatic carbocycles. The van der Waals surface area contributed by atoms with Crippen molar-refractivity contribution in [3.05, 3.63) is 41.5 Å². The lowest BCUT2D eigenvalue weighted by Crippen LogP contribution is -2.51. The minimum absolute atomic E-state index is 0.0303. The molecule has 164 valence electrons. The van der Waals surface area contributed by atoms with Crippen molar-refractivity contribution in [2.75, 3.05) is 13.1 Å². The molecule has 8 nitrogen and oxygen atoms in total. The third kappa shape index (κ3) is 5.46. The quantitative estimate of drug-likeness (QED) is 0.718. The number of benzene rings is 1. The molecule has 1 N–H and O–H groups in total. The van der Waals surface area contributed by atoms with Gasteiger partial charge in [0.15, 0.2) is 5.82 Å². The van der Waals surface area contributed by atoms with Crippen molar-refractivity contribution >= 4 is 15.9 Å². The van der Waals surface area contributed by atoms with Crippen LogP contribution in [0.4, 0.5) is 0 Å². The standard InChI is InChI=1S/C21H30N4O4S/c1-14(2)12-19(24-30(27,28)18-9-7-15(3)8-10-18)21(26)25-11-5-6-17(13-25)20-22-16(4)23-29-20/h7-10,14,17,19,24H,5-6,11-13H2,1-4H3/t17-,19-/m0/s1. The van der Waals surface area contributed by atoms with Crippen molar-refractivity contribution in [3.8, 4) is 0 Å². The van der Waals surface area contributed by atoms with Crippen LogP contribution in [-0.4, -0.2) is 48.5 Å². The van der Waals surface area contributed by atoms with Gasteiger partial charge in [0.25, 0.3) is 0 Å². The molecule has 3 rings (SSSR count). The highest BCUT2D eigenvalue weighted by molar-refractivity contribution is 7.89. The Morgan fingerprint density at radius 2 is 1.97 bits per heavy atom. The van der Waals surface area contributed by atoms with Crippen LogP contribution in [0.15, 0.2) is 33.7 Å². The van der Waals surface area contributed by atoms with Gasteiger partial charge in [-0.3, -0.25) is 4.79 Å². The number of nitrogens with one attached hydrogen (secondary N) is 1. The predicted molar refractivity (Wildman–Crippen MR) is 112 cm³/mol. The SMILES string of the molecule is Cc1ccc(S(=O)(=O)N[C@@H](CC(C)C)C(=O)N2CCC[C@H](c3nc(C)no3)C2)cc1. The summed E-state index contributed by atoms with van der Waals surface area (Å²) in [6.07, 6.45) is 2.08. The Labute approximate surface area is 178 Å². The van der Waals surface area contributed by atoms with E-state index in [-0.39, 0.29) is 22.6 Å². The molecule has 0 radical (unpaired) electrons. The highest BCUT2D eigenvalue weighted by Crippen LogP contribution is 2.27. The fourth-order valence-corrected chi connectivity index (χ4v) is 4.92. The van der Waals surface area contributed by atoms with Crippen LogP contribution in [0.1, 0.15) is 56.3 Å². The van der Waals surface area contributed by atoms with E-state index in [9.17, 15) is 13.2 Å². The number of piperidine rings is 1. The van der Waals surface area contributed by atoms with Crippen LogP contribution in [-0.2, 0) is 14.8 Å². The van der Waals surface area contributed by atoms with E-state index in [0.717, 1.165) is 18.4 Å². The molecular weight excluding hydrogens is 404 g/mol. The first kappa shape index (κ1) is 22.4. The molecule has 1 fully saturated rings. The lowest BCUT2D eigenvalue weighted by molar-refractivity contribution is -0.134. The summed E-state index contributed by atoms with van der Waals surface area (Å²) in [5.41, 5.74) is 0.972. The second-order valence-corrected chi connectivity index (χ2v) is 10.1. The smallest absolute Gasteiger partial charge is 0.241 e. The number of hydrogen-bond acceptors (Lipinski definition) is 6.